The molecule has 0 saturated heterocycles. The average molecular weight is 392 g/mol. The van der Waals surface area contributed by atoms with Crippen LogP contribution in [0.25, 0.3) is 10.2 Å². The number of ether oxygens (including phenoxy) is 1. The molecule has 0 unspecified atom stereocenters. The van der Waals surface area contributed by atoms with Crippen molar-refractivity contribution in [3.8, 4) is 0 Å². The van der Waals surface area contributed by atoms with Crippen LogP contribution in [0.4, 0.5) is 0 Å². The van der Waals surface area contributed by atoms with Crippen molar-refractivity contribution in [3.63, 3.8) is 0 Å². The molecule has 0 aromatic carbocycles. The molecule has 7 heteroatoms. The number of fused-ring (bicyclic) bond motifs is 3. The number of nitrogens with zero attached hydrogens (tertiary/aromatic N) is 2. The van der Waals surface area contributed by atoms with Gasteiger partial charge in [0.1, 0.15) is 10.7 Å². The molecule has 2 aliphatic carbocycles. The standard InChI is InChI=1S/C20H29N3O3S/c1-3-26-11-14(24)9-23(13-5-6-13)10-17-21-19(25)18-15-7-4-12(2)8-16(15)27-20(18)22-17/h12-14,24H,3-11H2,1-2H3,(H,21,22,25)/t12-,14-/m0/s1. The van der Waals surface area contributed by atoms with E-state index < -0.39 is 6.10 Å². The zero-order valence-corrected chi connectivity index (χ0v) is 17.0. The van der Waals surface area contributed by atoms with Crippen molar-refractivity contribution in [1.29, 1.82) is 0 Å². The van der Waals surface area contributed by atoms with Crippen molar-refractivity contribution in [2.45, 2.75) is 64.6 Å². The summed E-state index contributed by atoms with van der Waals surface area (Å²) < 4.78 is 5.33. The molecule has 2 heterocycles. The molecule has 2 aliphatic rings. The number of H-pyrrole nitrogens is 1. The van der Waals surface area contributed by atoms with E-state index in [1.807, 2.05) is 6.92 Å². The second-order valence-electron chi connectivity index (χ2n) is 8.02. The van der Waals surface area contributed by atoms with Crippen molar-refractivity contribution in [2.24, 2.45) is 5.92 Å². The summed E-state index contributed by atoms with van der Waals surface area (Å²) in [4.78, 5) is 25.0. The summed E-state index contributed by atoms with van der Waals surface area (Å²) in [7, 11) is 0. The van der Waals surface area contributed by atoms with Crippen molar-refractivity contribution in [3.05, 3.63) is 26.6 Å². The molecule has 4 rings (SSSR count). The Labute approximate surface area is 163 Å². The van der Waals surface area contributed by atoms with Crippen molar-refractivity contribution < 1.29 is 9.84 Å². The van der Waals surface area contributed by atoms with E-state index in [2.05, 4.69) is 16.8 Å². The van der Waals surface area contributed by atoms with E-state index in [4.69, 9.17) is 9.72 Å². The number of aliphatic hydroxyl groups excluding tert-OH is 1. The van der Waals surface area contributed by atoms with Gasteiger partial charge in [0.25, 0.3) is 5.56 Å². The van der Waals surface area contributed by atoms with E-state index in [-0.39, 0.29) is 5.56 Å². The molecule has 1 saturated carbocycles. The fraction of sp³-hybridized carbons (Fsp3) is 0.700. The molecule has 6 nitrogen and oxygen atoms in total. The summed E-state index contributed by atoms with van der Waals surface area (Å²) in [5.74, 6) is 1.39. The monoisotopic (exact) mass is 391 g/mol. The fourth-order valence-electron chi connectivity index (χ4n) is 4.02. The lowest BCUT2D eigenvalue weighted by molar-refractivity contribution is 0.0174. The normalized spacial score (nSPS) is 21.0. The van der Waals surface area contributed by atoms with Crippen molar-refractivity contribution in [1.82, 2.24) is 14.9 Å². The number of nitrogens with one attached hydrogen (secondary N) is 1. The lowest BCUT2D eigenvalue weighted by atomic mass is 9.89. The minimum Gasteiger partial charge on any atom is -0.389 e. The van der Waals surface area contributed by atoms with Crippen LogP contribution in [0.3, 0.4) is 0 Å². The zero-order valence-electron chi connectivity index (χ0n) is 16.2. The van der Waals surface area contributed by atoms with Crippen LogP contribution in [0.5, 0.6) is 0 Å². The van der Waals surface area contributed by atoms with Gasteiger partial charge < -0.3 is 14.8 Å². The molecule has 0 amide bonds. The molecule has 0 bridgehead atoms. The van der Waals surface area contributed by atoms with Gasteiger partial charge in [0.2, 0.25) is 0 Å². The number of hydrogen-bond donors (Lipinski definition) is 2. The molecule has 0 spiro atoms. The summed E-state index contributed by atoms with van der Waals surface area (Å²) >= 11 is 1.69. The van der Waals surface area contributed by atoms with Crippen LogP contribution in [0, 0.1) is 5.92 Å². The highest BCUT2D eigenvalue weighted by Crippen LogP contribution is 2.36. The Morgan fingerprint density at radius 3 is 2.96 bits per heavy atom. The van der Waals surface area contributed by atoms with Crippen LogP contribution in [0.1, 0.15) is 49.4 Å². The van der Waals surface area contributed by atoms with Crippen LogP contribution < -0.4 is 5.56 Å². The van der Waals surface area contributed by atoms with E-state index in [1.54, 1.807) is 11.3 Å². The van der Waals surface area contributed by atoms with E-state index in [9.17, 15) is 9.90 Å². The first-order valence-corrected chi connectivity index (χ1v) is 10.9. The van der Waals surface area contributed by atoms with Gasteiger partial charge in [-0.15, -0.1) is 11.3 Å². The highest BCUT2D eigenvalue weighted by molar-refractivity contribution is 7.18. The summed E-state index contributed by atoms with van der Waals surface area (Å²) in [6.07, 6.45) is 4.95. The topological polar surface area (TPSA) is 78.5 Å². The lowest BCUT2D eigenvalue weighted by Gasteiger charge is -2.24. The van der Waals surface area contributed by atoms with Gasteiger partial charge in [0, 0.05) is 24.1 Å². The maximum atomic E-state index is 12.8. The molecule has 148 valence electrons. The number of aliphatic hydroxyl groups is 1. The third-order valence-electron chi connectivity index (χ3n) is 5.59. The fourth-order valence-corrected chi connectivity index (χ4v) is 5.42. The summed E-state index contributed by atoms with van der Waals surface area (Å²) in [6, 6.07) is 0.472. The SMILES string of the molecule is CCOC[C@@H](O)CN(Cc1nc2sc3c(c2c(=O)[nH]1)CC[C@H](C)C3)C1CC1. The predicted molar refractivity (Wildman–Crippen MR) is 107 cm³/mol. The maximum absolute atomic E-state index is 12.8. The van der Waals surface area contributed by atoms with Gasteiger partial charge in [-0.25, -0.2) is 4.98 Å². The van der Waals surface area contributed by atoms with Gasteiger partial charge >= 0.3 is 0 Å². The van der Waals surface area contributed by atoms with E-state index in [0.29, 0.717) is 44.1 Å². The third-order valence-corrected chi connectivity index (χ3v) is 6.74. The van der Waals surface area contributed by atoms with Crippen LogP contribution >= 0.6 is 11.3 Å². The van der Waals surface area contributed by atoms with Crippen molar-refractivity contribution in [2.75, 3.05) is 19.8 Å². The number of aryl methyl sites for hydroxylation is 1. The molecule has 2 aromatic rings. The van der Waals surface area contributed by atoms with Gasteiger partial charge in [-0.1, -0.05) is 6.92 Å². The molecular weight excluding hydrogens is 362 g/mol. The predicted octanol–water partition coefficient (Wildman–Crippen LogP) is 2.47. The minimum absolute atomic E-state index is 0.00679. The van der Waals surface area contributed by atoms with Crippen LogP contribution in [0.2, 0.25) is 0 Å². The van der Waals surface area contributed by atoms with Crippen LogP contribution in [-0.4, -0.2) is 51.9 Å². The highest BCUT2D eigenvalue weighted by Gasteiger charge is 2.31. The first-order chi connectivity index (χ1) is 13.0. The second-order valence-corrected chi connectivity index (χ2v) is 9.10. The van der Waals surface area contributed by atoms with Crippen LogP contribution in [-0.2, 0) is 24.1 Å². The number of thiophene rings is 1. The summed E-state index contributed by atoms with van der Waals surface area (Å²) in [6.45, 7) is 6.27. The Balaban J connectivity index is 1.55. The third kappa shape index (κ3) is 4.26. The quantitative estimate of drug-likeness (QED) is 0.723. The number of hydrogen-bond acceptors (Lipinski definition) is 6. The Morgan fingerprint density at radius 1 is 1.41 bits per heavy atom. The minimum atomic E-state index is -0.517. The smallest absolute Gasteiger partial charge is 0.259 e. The molecule has 1 fully saturated rings. The summed E-state index contributed by atoms with van der Waals surface area (Å²) in [5.41, 5.74) is 1.22. The molecule has 2 N–H and O–H groups in total. The number of aromatic nitrogens is 2. The van der Waals surface area contributed by atoms with Gasteiger partial charge in [0.05, 0.1) is 24.6 Å². The molecule has 2 aromatic heterocycles. The number of aromatic amines is 1. The molecule has 27 heavy (non-hydrogen) atoms. The Kier molecular flexibility index (Phi) is 5.64. The molecule has 0 radical (unpaired) electrons. The van der Waals surface area contributed by atoms with Gasteiger partial charge in [-0.05, 0) is 50.5 Å². The largest absolute Gasteiger partial charge is 0.389 e. The Morgan fingerprint density at radius 2 is 2.22 bits per heavy atom. The van der Waals surface area contributed by atoms with Crippen molar-refractivity contribution >= 4 is 21.6 Å². The molecule has 0 aliphatic heterocycles. The van der Waals surface area contributed by atoms with E-state index in [0.717, 1.165) is 42.3 Å². The average Bonchev–Trinajstić information content (AvgIpc) is 3.40. The maximum Gasteiger partial charge on any atom is 0.259 e. The lowest BCUT2D eigenvalue weighted by Crippen LogP contribution is -2.37. The Bertz CT molecular complexity index is 858. The molecular formula is C20H29N3O3S. The van der Waals surface area contributed by atoms with E-state index >= 15 is 0 Å². The summed E-state index contributed by atoms with van der Waals surface area (Å²) in [5, 5.41) is 11.0. The van der Waals surface area contributed by atoms with Gasteiger partial charge in [0.15, 0.2) is 0 Å². The second kappa shape index (κ2) is 7.99. The van der Waals surface area contributed by atoms with Gasteiger partial charge in [-0.3, -0.25) is 9.69 Å². The zero-order chi connectivity index (χ0) is 19.0. The van der Waals surface area contributed by atoms with Crippen LogP contribution in [0.15, 0.2) is 4.79 Å². The Hall–Kier alpha value is -1.28. The number of rotatable bonds is 8. The van der Waals surface area contributed by atoms with Gasteiger partial charge in [-0.2, -0.15) is 0 Å². The first-order valence-electron chi connectivity index (χ1n) is 10.1. The first kappa shape index (κ1) is 19.1. The highest BCUT2D eigenvalue weighted by atomic mass is 32.1. The molecule has 2 atom stereocenters. The van der Waals surface area contributed by atoms with E-state index in [1.165, 1.54) is 10.4 Å².